The summed E-state index contributed by atoms with van der Waals surface area (Å²) in [7, 11) is 0. The molecule has 0 heterocycles. The second-order valence-electron chi connectivity index (χ2n) is 7.35. The zero-order valence-electron chi connectivity index (χ0n) is 20.5. The van der Waals surface area contributed by atoms with Gasteiger partial charge in [-0.25, -0.2) is 6.07 Å². The number of rotatable bonds is 1. The molecular weight excluding hydrogens is 543 g/mol. The van der Waals surface area contributed by atoms with Crippen molar-refractivity contribution in [3.05, 3.63) is 114 Å². The van der Waals surface area contributed by atoms with Gasteiger partial charge in [-0.3, -0.25) is 0 Å². The molecule has 0 bridgehead atoms. The number of benzene rings is 2. The Morgan fingerprint density at radius 2 is 1.31 bits per heavy atom. The van der Waals surface area contributed by atoms with E-state index in [4.69, 9.17) is 0 Å². The van der Waals surface area contributed by atoms with Crippen LogP contribution in [0.4, 0.5) is 0 Å². The van der Waals surface area contributed by atoms with E-state index in [1.54, 1.807) is 0 Å². The molecule has 0 fully saturated rings. The van der Waals surface area contributed by atoms with Gasteiger partial charge in [-0.1, -0.05) is 62.9 Å². The molecule has 0 atom stereocenters. The minimum Gasteiger partial charge on any atom is -1.00 e. The van der Waals surface area contributed by atoms with Gasteiger partial charge in [0.15, 0.2) is 0 Å². The summed E-state index contributed by atoms with van der Waals surface area (Å²) in [4.78, 5) is 0. The second-order valence-corrected chi connectivity index (χ2v) is 7.35. The molecule has 4 aromatic rings. The van der Waals surface area contributed by atoms with Gasteiger partial charge in [-0.05, 0) is 10.8 Å². The van der Waals surface area contributed by atoms with Gasteiger partial charge in [0, 0.05) is 48.1 Å². The van der Waals surface area contributed by atoms with E-state index in [1.165, 1.54) is 33.5 Å². The summed E-state index contributed by atoms with van der Waals surface area (Å²) in [6, 6.07) is 27.9. The first kappa shape index (κ1) is 48.9. The fourth-order valence-electron chi connectivity index (χ4n) is 3.04. The third-order valence-electron chi connectivity index (χ3n) is 4.01. The Bertz CT molecular complexity index is 895. The molecule has 0 aromatic heterocycles. The molecule has 4 aromatic carbocycles. The van der Waals surface area contributed by atoms with Crippen molar-refractivity contribution in [2.45, 2.75) is 27.2 Å². The van der Waals surface area contributed by atoms with Crippen LogP contribution in [0.3, 0.4) is 0 Å². The first-order valence-corrected chi connectivity index (χ1v) is 8.27. The average Bonchev–Trinajstić information content (AvgIpc) is 3.17. The van der Waals surface area contributed by atoms with Crippen LogP contribution in [0.2, 0.25) is 0 Å². The number of halogens is 2. The molecule has 0 N–H and O–H groups in total. The molecule has 0 aliphatic rings. The molecule has 0 saturated heterocycles. The van der Waals surface area contributed by atoms with Crippen LogP contribution in [-0.4, -0.2) is 21.9 Å². The largest absolute Gasteiger partial charge is 1.00 e. The Balaban J connectivity index is -0.0000000622. The minimum absolute atomic E-state index is 0. The summed E-state index contributed by atoms with van der Waals surface area (Å²) in [6.07, 6.45) is 1.18. The van der Waals surface area contributed by atoms with E-state index >= 15 is 0 Å². The van der Waals surface area contributed by atoms with E-state index in [-0.39, 0.29) is 103 Å². The van der Waals surface area contributed by atoms with E-state index in [0.717, 1.165) is 0 Å². The summed E-state index contributed by atoms with van der Waals surface area (Å²) in [6.45, 7) is 6.79. The SMILES string of the molecule is CC(C)(C)Cc1cc[cH-]c1.[CH3-].[CH3-].[CH3-].[CH3-].[Cl-].[Cl-].[Si].[Si].[Zr].c1ccc2c(c1)ccc1[cH-]ccc12. The van der Waals surface area contributed by atoms with E-state index in [2.05, 4.69) is 99.6 Å². The molecule has 178 valence electrons. The fourth-order valence-corrected chi connectivity index (χ4v) is 3.04. The Kier molecular flexibility index (Phi) is 34.1. The van der Waals surface area contributed by atoms with Gasteiger partial charge in [-0.2, -0.15) is 35.9 Å². The zero-order chi connectivity index (χ0) is 16.3. The van der Waals surface area contributed by atoms with Crippen molar-refractivity contribution >= 4 is 43.5 Å². The Morgan fingerprint density at radius 1 is 0.719 bits per heavy atom. The standard InChI is InChI=1S/C13H9.C10H15.4CH3.2ClH.2Si.Zr/c1-2-6-12-10(4-1)8-9-11-5-3-7-13(11)12;1-10(2,3)8-9-6-4-5-7-9;;;;;;;;;/h1-9H;4-7H,8H2,1-3H3;4*1H3;2*1H;;;/q6*-1;;;;;/p-2. The monoisotopic (exact) mass is 576 g/mol. The molecule has 0 saturated carbocycles. The predicted molar refractivity (Wildman–Crippen MR) is 139 cm³/mol. The van der Waals surface area contributed by atoms with Crippen LogP contribution < -0.4 is 24.8 Å². The van der Waals surface area contributed by atoms with Crippen molar-refractivity contribution in [1.82, 2.24) is 0 Å². The van der Waals surface area contributed by atoms with Gasteiger partial charge in [0.1, 0.15) is 0 Å². The minimum atomic E-state index is 0. The van der Waals surface area contributed by atoms with Crippen LogP contribution in [0, 0.1) is 35.1 Å². The zero-order valence-corrected chi connectivity index (χ0v) is 26.4. The average molecular weight is 579 g/mol. The summed E-state index contributed by atoms with van der Waals surface area (Å²) in [5.74, 6) is 0. The van der Waals surface area contributed by atoms with Gasteiger partial charge in [0.2, 0.25) is 0 Å². The molecule has 8 radical (unpaired) electrons. The first-order chi connectivity index (χ1) is 11.0. The van der Waals surface area contributed by atoms with Crippen molar-refractivity contribution in [2.75, 3.05) is 0 Å². The Morgan fingerprint density at radius 3 is 1.84 bits per heavy atom. The van der Waals surface area contributed by atoms with Crippen molar-refractivity contribution < 1.29 is 51.0 Å². The molecule has 0 nitrogen and oxygen atoms in total. The Labute approximate surface area is 239 Å². The van der Waals surface area contributed by atoms with Crippen LogP contribution in [0.15, 0.2) is 78.9 Å². The number of hydrogen-bond donors (Lipinski definition) is 0. The fraction of sp³-hybridized carbons (Fsp3) is 0.185. The van der Waals surface area contributed by atoms with Gasteiger partial charge in [-0.15, -0.1) is 22.9 Å². The van der Waals surface area contributed by atoms with Crippen molar-refractivity contribution in [3.63, 3.8) is 0 Å². The van der Waals surface area contributed by atoms with Gasteiger partial charge < -0.3 is 54.5 Å². The molecule has 4 rings (SSSR count). The maximum absolute atomic E-state index is 2.26. The molecular formula is C27H36Cl2Si2Zr-8. The summed E-state index contributed by atoms with van der Waals surface area (Å²) < 4.78 is 0. The number of hydrogen-bond acceptors (Lipinski definition) is 0. The van der Waals surface area contributed by atoms with Crippen LogP contribution in [0.25, 0.3) is 21.5 Å². The summed E-state index contributed by atoms with van der Waals surface area (Å²) >= 11 is 0. The van der Waals surface area contributed by atoms with Gasteiger partial charge >= 0.3 is 0 Å². The van der Waals surface area contributed by atoms with Crippen molar-refractivity contribution in [1.29, 1.82) is 0 Å². The smallest absolute Gasteiger partial charge is 0 e. The molecule has 0 aliphatic heterocycles. The third kappa shape index (κ3) is 14.0. The van der Waals surface area contributed by atoms with Crippen LogP contribution in [0.1, 0.15) is 26.3 Å². The molecule has 0 unspecified atom stereocenters. The quantitative estimate of drug-likeness (QED) is 0.239. The molecule has 0 spiro atoms. The maximum Gasteiger partial charge on any atom is 0 e. The van der Waals surface area contributed by atoms with Crippen LogP contribution >= 0.6 is 0 Å². The normalized spacial score (nSPS) is 8.22. The van der Waals surface area contributed by atoms with E-state index in [0.29, 0.717) is 5.41 Å². The van der Waals surface area contributed by atoms with E-state index in [9.17, 15) is 0 Å². The first-order valence-electron chi connectivity index (χ1n) is 8.27. The van der Waals surface area contributed by atoms with E-state index < -0.39 is 0 Å². The van der Waals surface area contributed by atoms with Gasteiger partial charge in [0.25, 0.3) is 0 Å². The molecule has 0 aliphatic carbocycles. The second kappa shape index (κ2) is 22.4. The molecule has 32 heavy (non-hydrogen) atoms. The van der Waals surface area contributed by atoms with Crippen LogP contribution in [-0.2, 0) is 32.6 Å². The molecule has 5 heteroatoms. The van der Waals surface area contributed by atoms with Gasteiger partial charge in [0.05, 0.1) is 0 Å². The molecule has 0 amide bonds. The predicted octanol–water partition coefficient (Wildman–Crippen LogP) is 1.75. The topological polar surface area (TPSA) is 0 Å². The number of fused-ring (bicyclic) bond motifs is 3. The summed E-state index contributed by atoms with van der Waals surface area (Å²) in [5.41, 5.74) is 1.88. The van der Waals surface area contributed by atoms with Crippen LogP contribution in [0.5, 0.6) is 0 Å². The van der Waals surface area contributed by atoms with Crippen molar-refractivity contribution in [3.8, 4) is 0 Å². The summed E-state index contributed by atoms with van der Waals surface area (Å²) in [5, 5.41) is 5.36. The van der Waals surface area contributed by atoms with Crippen molar-refractivity contribution in [2.24, 2.45) is 5.41 Å². The Hall–Kier alpha value is -0.443. The maximum atomic E-state index is 2.26. The van der Waals surface area contributed by atoms with E-state index in [1.807, 2.05) is 0 Å². The third-order valence-corrected chi connectivity index (χ3v) is 4.01.